The van der Waals surface area contributed by atoms with Crippen LogP contribution in [0.25, 0.3) is 0 Å². The molecule has 5 nitrogen and oxygen atoms in total. The molecule has 1 rings (SSSR count). The maximum Gasteiger partial charge on any atom is 0.225 e. The van der Waals surface area contributed by atoms with Gasteiger partial charge in [0.2, 0.25) is 5.91 Å². The summed E-state index contributed by atoms with van der Waals surface area (Å²) < 4.78 is 0. The normalized spacial score (nSPS) is 10.1. The number of nitrogen functional groups attached to an aromatic ring is 1. The second-order valence-electron chi connectivity index (χ2n) is 4.14. The zero-order valence-corrected chi connectivity index (χ0v) is 10.5. The summed E-state index contributed by atoms with van der Waals surface area (Å²) in [7, 11) is 1.89. The van der Waals surface area contributed by atoms with Crippen molar-refractivity contribution >= 4 is 17.3 Å². The number of nitrogens with two attached hydrogens (primary N) is 1. The van der Waals surface area contributed by atoms with Crippen LogP contribution in [-0.4, -0.2) is 30.9 Å². The maximum atomic E-state index is 11.7. The highest BCUT2D eigenvalue weighted by Gasteiger charge is 2.05. The predicted molar refractivity (Wildman–Crippen MR) is 71.8 cm³/mol. The molecule has 0 saturated carbocycles. The van der Waals surface area contributed by atoms with Crippen molar-refractivity contribution in [1.82, 2.24) is 4.90 Å². The van der Waals surface area contributed by atoms with Crippen LogP contribution in [0.15, 0.2) is 24.3 Å². The van der Waals surface area contributed by atoms with Gasteiger partial charge in [0.05, 0.1) is 6.07 Å². The summed E-state index contributed by atoms with van der Waals surface area (Å²) in [6.07, 6.45) is 0.879. The molecule has 0 heterocycles. The zero-order valence-electron chi connectivity index (χ0n) is 10.5. The number of benzene rings is 1. The molecule has 1 aromatic carbocycles. The fourth-order valence-electron chi connectivity index (χ4n) is 1.48. The second-order valence-corrected chi connectivity index (χ2v) is 4.14. The summed E-state index contributed by atoms with van der Waals surface area (Å²) in [5.74, 6) is -0.0515. The molecule has 0 radical (unpaired) electrons. The van der Waals surface area contributed by atoms with Gasteiger partial charge in [-0.1, -0.05) is 6.07 Å². The molecule has 3 N–H and O–H groups in total. The van der Waals surface area contributed by atoms with Crippen LogP contribution in [-0.2, 0) is 4.79 Å². The molecular formula is C13H18N4O. The summed E-state index contributed by atoms with van der Waals surface area (Å²) in [6.45, 7) is 1.32. The molecule has 0 fully saturated rings. The molecule has 0 aromatic heterocycles. The molecule has 1 amide bonds. The van der Waals surface area contributed by atoms with Crippen LogP contribution < -0.4 is 11.1 Å². The SMILES string of the molecule is CN(CCC#N)CCC(=O)Nc1cccc(N)c1. The van der Waals surface area contributed by atoms with E-state index in [1.807, 2.05) is 11.9 Å². The molecule has 0 unspecified atom stereocenters. The van der Waals surface area contributed by atoms with E-state index in [2.05, 4.69) is 11.4 Å². The van der Waals surface area contributed by atoms with Crippen LogP contribution >= 0.6 is 0 Å². The lowest BCUT2D eigenvalue weighted by molar-refractivity contribution is -0.116. The monoisotopic (exact) mass is 246 g/mol. The number of hydrogen-bond donors (Lipinski definition) is 2. The smallest absolute Gasteiger partial charge is 0.225 e. The number of anilines is 2. The zero-order chi connectivity index (χ0) is 13.4. The van der Waals surface area contributed by atoms with Gasteiger partial charge in [0.15, 0.2) is 0 Å². The van der Waals surface area contributed by atoms with Gasteiger partial charge in [0.1, 0.15) is 0 Å². The standard InChI is InChI=1S/C13H18N4O/c1-17(8-3-7-14)9-6-13(18)16-12-5-2-4-11(15)10-12/h2,4-5,10H,3,6,8-9,15H2,1H3,(H,16,18). The Hall–Kier alpha value is -2.06. The molecule has 0 aliphatic rings. The Labute approximate surface area is 107 Å². The third kappa shape index (κ3) is 5.32. The Morgan fingerprint density at radius 1 is 1.50 bits per heavy atom. The van der Waals surface area contributed by atoms with E-state index in [1.165, 1.54) is 0 Å². The van der Waals surface area contributed by atoms with Gasteiger partial charge < -0.3 is 16.0 Å². The first-order valence-electron chi connectivity index (χ1n) is 5.82. The Morgan fingerprint density at radius 2 is 2.28 bits per heavy atom. The highest BCUT2D eigenvalue weighted by atomic mass is 16.1. The van der Waals surface area contributed by atoms with E-state index < -0.39 is 0 Å². The first-order valence-corrected chi connectivity index (χ1v) is 5.82. The molecule has 1 aromatic rings. The summed E-state index contributed by atoms with van der Waals surface area (Å²) in [5.41, 5.74) is 6.95. The van der Waals surface area contributed by atoms with Gasteiger partial charge in [-0.05, 0) is 25.2 Å². The minimum Gasteiger partial charge on any atom is -0.399 e. The lowest BCUT2D eigenvalue weighted by atomic mass is 10.2. The molecule has 0 bridgehead atoms. The highest BCUT2D eigenvalue weighted by molar-refractivity contribution is 5.91. The fraction of sp³-hybridized carbons (Fsp3) is 0.385. The second kappa shape index (κ2) is 7.30. The third-order valence-electron chi connectivity index (χ3n) is 2.50. The van der Waals surface area contributed by atoms with Crippen molar-refractivity contribution in [3.8, 4) is 6.07 Å². The van der Waals surface area contributed by atoms with Crippen LogP contribution in [0.2, 0.25) is 0 Å². The minimum absolute atomic E-state index is 0.0515. The van der Waals surface area contributed by atoms with Crippen LogP contribution in [0, 0.1) is 11.3 Å². The van der Waals surface area contributed by atoms with E-state index in [0.717, 1.165) is 0 Å². The molecule has 0 atom stereocenters. The summed E-state index contributed by atoms with van der Waals surface area (Å²) >= 11 is 0. The first kappa shape index (κ1) is 14.0. The summed E-state index contributed by atoms with van der Waals surface area (Å²) in [4.78, 5) is 13.6. The van der Waals surface area contributed by atoms with Crippen molar-refractivity contribution in [2.45, 2.75) is 12.8 Å². The van der Waals surface area contributed by atoms with Crippen LogP contribution in [0.3, 0.4) is 0 Å². The number of hydrogen-bond acceptors (Lipinski definition) is 4. The average Bonchev–Trinajstić information content (AvgIpc) is 2.34. The largest absolute Gasteiger partial charge is 0.399 e. The van der Waals surface area contributed by atoms with E-state index in [4.69, 9.17) is 11.0 Å². The van der Waals surface area contributed by atoms with Crippen molar-refractivity contribution in [3.05, 3.63) is 24.3 Å². The lowest BCUT2D eigenvalue weighted by Crippen LogP contribution is -2.25. The van der Waals surface area contributed by atoms with Gasteiger partial charge in [-0.2, -0.15) is 5.26 Å². The quantitative estimate of drug-likeness (QED) is 0.744. The lowest BCUT2D eigenvalue weighted by Gasteiger charge is -2.14. The van der Waals surface area contributed by atoms with Crippen LogP contribution in [0.5, 0.6) is 0 Å². The molecule has 5 heteroatoms. The summed E-state index contributed by atoms with van der Waals surface area (Å²) in [6, 6.07) is 9.16. The predicted octanol–water partition coefficient (Wildman–Crippen LogP) is 1.44. The van der Waals surface area contributed by atoms with Gasteiger partial charge in [0.25, 0.3) is 0 Å². The van der Waals surface area contributed by atoms with E-state index in [-0.39, 0.29) is 5.91 Å². The molecule has 18 heavy (non-hydrogen) atoms. The highest BCUT2D eigenvalue weighted by Crippen LogP contribution is 2.11. The van der Waals surface area contributed by atoms with Crippen LogP contribution in [0.1, 0.15) is 12.8 Å². The van der Waals surface area contributed by atoms with E-state index in [1.54, 1.807) is 24.3 Å². The number of nitrogens with zero attached hydrogens (tertiary/aromatic N) is 2. The van der Waals surface area contributed by atoms with Gasteiger partial charge in [-0.3, -0.25) is 4.79 Å². The number of nitriles is 1. The fourth-order valence-corrected chi connectivity index (χ4v) is 1.48. The Balaban J connectivity index is 2.32. The van der Waals surface area contributed by atoms with Crippen molar-refractivity contribution in [3.63, 3.8) is 0 Å². The van der Waals surface area contributed by atoms with Gasteiger partial charge in [-0.15, -0.1) is 0 Å². The number of rotatable bonds is 6. The van der Waals surface area contributed by atoms with Gasteiger partial charge in [-0.25, -0.2) is 0 Å². The number of carbonyl (C=O) groups is 1. The molecule has 0 aliphatic heterocycles. The number of carbonyl (C=O) groups excluding carboxylic acids is 1. The van der Waals surface area contributed by atoms with Gasteiger partial charge in [0, 0.05) is 37.3 Å². The topological polar surface area (TPSA) is 82.2 Å². The molecule has 0 spiro atoms. The molecule has 0 saturated heterocycles. The van der Waals surface area contributed by atoms with Crippen molar-refractivity contribution in [2.24, 2.45) is 0 Å². The average molecular weight is 246 g/mol. The third-order valence-corrected chi connectivity index (χ3v) is 2.50. The molecule has 0 aliphatic carbocycles. The molecular weight excluding hydrogens is 228 g/mol. The first-order chi connectivity index (χ1) is 8.61. The Bertz CT molecular complexity index is 439. The Kier molecular flexibility index (Phi) is 5.68. The van der Waals surface area contributed by atoms with Crippen molar-refractivity contribution < 1.29 is 4.79 Å². The molecule has 96 valence electrons. The number of amides is 1. The Morgan fingerprint density at radius 3 is 2.94 bits per heavy atom. The van der Waals surface area contributed by atoms with Crippen molar-refractivity contribution in [2.75, 3.05) is 31.2 Å². The van der Waals surface area contributed by atoms with Crippen LogP contribution in [0.4, 0.5) is 11.4 Å². The minimum atomic E-state index is -0.0515. The maximum absolute atomic E-state index is 11.7. The number of nitrogens with one attached hydrogen (secondary N) is 1. The van der Waals surface area contributed by atoms with E-state index >= 15 is 0 Å². The van der Waals surface area contributed by atoms with E-state index in [0.29, 0.717) is 37.3 Å². The van der Waals surface area contributed by atoms with E-state index in [9.17, 15) is 4.79 Å². The summed E-state index contributed by atoms with van der Waals surface area (Å²) in [5, 5.41) is 11.2. The van der Waals surface area contributed by atoms with Gasteiger partial charge >= 0.3 is 0 Å². The van der Waals surface area contributed by atoms with Crippen molar-refractivity contribution in [1.29, 1.82) is 5.26 Å².